The van der Waals surface area contributed by atoms with E-state index in [1.165, 1.54) is 13.3 Å². The number of nitrogens with one attached hydrogen (secondary N) is 1. The smallest absolute Gasteiger partial charge is 0.369 e. The summed E-state index contributed by atoms with van der Waals surface area (Å²) >= 11 is 6.18. The van der Waals surface area contributed by atoms with E-state index in [2.05, 4.69) is 35.7 Å². The Bertz CT molecular complexity index is 1630. The Labute approximate surface area is 196 Å². The van der Waals surface area contributed by atoms with E-state index in [9.17, 15) is 10.1 Å². The molecular formula is C22H15ClN8O3. The molecule has 0 radical (unpaired) electrons. The Morgan fingerprint density at radius 2 is 2.06 bits per heavy atom. The number of pyridine rings is 1. The Kier molecular flexibility index (Phi) is 5.37. The lowest BCUT2D eigenvalue weighted by molar-refractivity contribution is 0.127. The number of nitriles is 1. The highest BCUT2D eigenvalue weighted by Gasteiger charge is 2.26. The summed E-state index contributed by atoms with van der Waals surface area (Å²) in [5.41, 5.74) is 3.08. The molecule has 0 saturated carbocycles. The van der Waals surface area contributed by atoms with Crippen LogP contribution in [0.5, 0.6) is 0 Å². The van der Waals surface area contributed by atoms with Gasteiger partial charge >= 0.3 is 5.76 Å². The first-order chi connectivity index (χ1) is 16.5. The van der Waals surface area contributed by atoms with Gasteiger partial charge in [-0.1, -0.05) is 35.0 Å². The van der Waals surface area contributed by atoms with Crippen molar-refractivity contribution in [3.63, 3.8) is 0 Å². The summed E-state index contributed by atoms with van der Waals surface area (Å²) in [6.07, 6.45) is 2.46. The van der Waals surface area contributed by atoms with Crippen LogP contribution in [0.15, 0.2) is 52.0 Å². The van der Waals surface area contributed by atoms with E-state index in [1.807, 2.05) is 12.1 Å². The van der Waals surface area contributed by atoms with Gasteiger partial charge in [-0.2, -0.15) is 5.26 Å². The van der Waals surface area contributed by atoms with E-state index < -0.39 is 11.9 Å². The van der Waals surface area contributed by atoms with Crippen LogP contribution in [-0.4, -0.2) is 41.8 Å². The van der Waals surface area contributed by atoms with Crippen molar-refractivity contribution in [3.8, 4) is 29.0 Å². The van der Waals surface area contributed by atoms with E-state index in [0.29, 0.717) is 44.4 Å². The molecule has 1 aromatic carbocycles. The topological polar surface area (TPSA) is 148 Å². The fraction of sp³-hybridized carbons (Fsp3) is 0.136. The van der Waals surface area contributed by atoms with Gasteiger partial charge < -0.3 is 9.30 Å². The highest BCUT2D eigenvalue weighted by atomic mass is 35.5. The zero-order valence-corrected chi connectivity index (χ0v) is 18.6. The lowest BCUT2D eigenvalue weighted by Crippen LogP contribution is -2.11. The third-order valence-electron chi connectivity index (χ3n) is 5.23. The van der Waals surface area contributed by atoms with Crippen LogP contribution in [0, 0.1) is 11.3 Å². The van der Waals surface area contributed by atoms with E-state index in [4.69, 9.17) is 21.3 Å². The van der Waals surface area contributed by atoms with Crippen LogP contribution in [-0.2, 0) is 11.8 Å². The normalized spacial score (nSPS) is 12.1. The molecule has 4 aromatic heterocycles. The number of fused-ring (bicyclic) bond motifs is 1. The highest BCUT2D eigenvalue weighted by Crippen LogP contribution is 2.33. The summed E-state index contributed by atoms with van der Waals surface area (Å²) in [7, 11) is 3.34. The molecule has 1 atom stereocenters. The number of aromatic nitrogens is 7. The molecule has 0 bridgehead atoms. The second-order valence-corrected chi connectivity index (χ2v) is 7.68. The number of imidazole rings is 1. The standard InChI is InChI=1S/C22H15ClN8O3/c1-31-16-15(12-7-13(23)10-25-9-12)26-19(20-29-22(32)34-30-20)27-18(16)28-21(31)17(33-2)14-6-4-3-5-11(14)8-24/h3-7,9-10,17H,1-2H3,(H,29,30,32). The molecule has 0 amide bonds. The van der Waals surface area contributed by atoms with Crippen molar-refractivity contribution >= 4 is 22.8 Å². The molecule has 0 saturated heterocycles. The Morgan fingerprint density at radius 3 is 2.76 bits per heavy atom. The van der Waals surface area contributed by atoms with Crippen molar-refractivity contribution in [1.29, 1.82) is 5.26 Å². The lowest BCUT2D eigenvalue weighted by atomic mass is 10.0. The zero-order valence-electron chi connectivity index (χ0n) is 17.9. The highest BCUT2D eigenvalue weighted by molar-refractivity contribution is 6.30. The minimum absolute atomic E-state index is 0.0495. The maximum absolute atomic E-state index is 11.5. The average molecular weight is 475 g/mol. The summed E-state index contributed by atoms with van der Waals surface area (Å²) in [4.78, 5) is 31.9. The molecule has 1 unspecified atom stereocenters. The molecule has 0 aliphatic carbocycles. The summed E-state index contributed by atoms with van der Waals surface area (Å²) < 4.78 is 12.2. The molecule has 4 heterocycles. The maximum atomic E-state index is 11.5. The first-order valence-corrected chi connectivity index (χ1v) is 10.3. The molecule has 0 aliphatic heterocycles. The number of nitrogens with zero attached hydrogens (tertiary/aromatic N) is 7. The van der Waals surface area contributed by atoms with Gasteiger partial charge in [0, 0.05) is 37.7 Å². The van der Waals surface area contributed by atoms with Crippen LogP contribution in [0.2, 0.25) is 5.02 Å². The van der Waals surface area contributed by atoms with Gasteiger partial charge in [0.25, 0.3) is 0 Å². The Morgan fingerprint density at radius 1 is 1.24 bits per heavy atom. The van der Waals surface area contributed by atoms with Crippen molar-refractivity contribution < 1.29 is 9.26 Å². The third kappa shape index (κ3) is 3.61. The number of aryl methyl sites for hydroxylation is 1. The van der Waals surface area contributed by atoms with Gasteiger partial charge in [-0.15, -0.1) is 0 Å². The molecule has 5 rings (SSSR count). The summed E-state index contributed by atoms with van der Waals surface area (Å²) in [6.45, 7) is 0. The number of methoxy groups -OCH3 is 1. The molecule has 11 nitrogen and oxygen atoms in total. The predicted octanol–water partition coefficient (Wildman–Crippen LogP) is 3.03. The van der Waals surface area contributed by atoms with Crippen LogP contribution < -0.4 is 5.76 Å². The lowest BCUT2D eigenvalue weighted by Gasteiger charge is -2.17. The van der Waals surface area contributed by atoms with Crippen molar-refractivity contribution in [2.24, 2.45) is 7.05 Å². The molecule has 1 N–H and O–H groups in total. The van der Waals surface area contributed by atoms with Gasteiger partial charge in [0.1, 0.15) is 23.1 Å². The fourth-order valence-electron chi connectivity index (χ4n) is 3.74. The quantitative estimate of drug-likeness (QED) is 0.405. The average Bonchev–Trinajstić information content (AvgIpc) is 3.43. The van der Waals surface area contributed by atoms with Crippen molar-refractivity contribution in [2.45, 2.75) is 6.10 Å². The Balaban J connectivity index is 1.80. The summed E-state index contributed by atoms with van der Waals surface area (Å²) in [5.74, 6) is -0.0895. The molecule has 0 spiro atoms. The number of hydrogen-bond acceptors (Lipinski definition) is 9. The summed E-state index contributed by atoms with van der Waals surface area (Å²) in [5, 5.41) is 13.7. The number of halogens is 1. The minimum Gasteiger partial charge on any atom is -0.369 e. The van der Waals surface area contributed by atoms with Crippen LogP contribution in [0.25, 0.3) is 34.1 Å². The number of rotatable bonds is 5. The van der Waals surface area contributed by atoms with Crippen LogP contribution in [0.3, 0.4) is 0 Å². The molecule has 34 heavy (non-hydrogen) atoms. The molecule has 0 aliphatic rings. The van der Waals surface area contributed by atoms with E-state index in [-0.39, 0.29) is 11.6 Å². The number of benzene rings is 1. The predicted molar refractivity (Wildman–Crippen MR) is 121 cm³/mol. The first-order valence-electron chi connectivity index (χ1n) is 9.93. The van der Waals surface area contributed by atoms with Crippen molar-refractivity contribution in [2.75, 3.05) is 7.11 Å². The largest absolute Gasteiger partial charge is 0.439 e. The molecule has 5 aromatic rings. The van der Waals surface area contributed by atoms with E-state index in [1.54, 1.807) is 36.0 Å². The van der Waals surface area contributed by atoms with Crippen LogP contribution in [0.1, 0.15) is 23.1 Å². The van der Waals surface area contributed by atoms with Gasteiger partial charge in [0.15, 0.2) is 5.65 Å². The van der Waals surface area contributed by atoms with E-state index in [0.717, 1.165) is 0 Å². The minimum atomic E-state index is -0.737. The van der Waals surface area contributed by atoms with Gasteiger partial charge in [0.2, 0.25) is 11.6 Å². The zero-order chi connectivity index (χ0) is 23.8. The summed E-state index contributed by atoms with van der Waals surface area (Å²) in [6, 6.07) is 11.0. The monoisotopic (exact) mass is 474 g/mol. The van der Waals surface area contributed by atoms with Crippen molar-refractivity contribution in [3.05, 3.63) is 75.3 Å². The van der Waals surface area contributed by atoms with Gasteiger partial charge in [0.05, 0.1) is 16.7 Å². The first kappa shape index (κ1) is 21.4. The third-order valence-corrected chi connectivity index (χ3v) is 5.44. The van der Waals surface area contributed by atoms with Crippen LogP contribution >= 0.6 is 11.6 Å². The number of H-pyrrole nitrogens is 1. The number of ether oxygens (including phenoxy) is 1. The molecule has 12 heteroatoms. The molecular weight excluding hydrogens is 460 g/mol. The fourth-order valence-corrected chi connectivity index (χ4v) is 3.91. The molecule has 0 fully saturated rings. The molecule has 168 valence electrons. The maximum Gasteiger partial charge on any atom is 0.439 e. The van der Waals surface area contributed by atoms with Crippen LogP contribution in [0.4, 0.5) is 0 Å². The van der Waals surface area contributed by atoms with Gasteiger partial charge in [-0.3, -0.25) is 14.5 Å². The van der Waals surface area contributed by atoms with Gasteiger partial charge in [-0.25, -0.2) is 19.7 Å². The SMILES string of the molecule is COC(c1ccccc1C#N)c1nc2nc(-c3noc(=O)[nH]3)nc(-c3cncc(Cl)c3)c2n1C. The second-order valence-electron chi connectivity index (χ2n) is 7.25. The van der Waals surface area contributed by atoms with Gasteiger partial charge in [-0.05, 0) is 12.1 Å². The second kappa shape index (κ2) is 8.51. The van der Waals surface area contributed by atoms with Crippen molar-refractivity contribution in [1.82, 2.24) is 34.6 Å². The number of aromatic amines is 1. The number of hydrogen-bond donors (Lipinski definition) is 1. The van der Waals surface area contributed by atoms with E-state index >= 15 is 0 Å². The Hall–Kier alpha value is -4.40.